The molecule has 2 aliphatic rings. The van der Waals surface area contributed by atoms with Crippen LogP contribution in [0.5, 0.6) is 11.5 Å². The van der Waals surface area contributed by atoms with Crippen molar-refractivity contribution in [3.05, 3.63) is 23.8 Å². The number of carboxylic acid groups (broad SMARTS) is 1. The van der Waals surface area contributed by atoms with E-state index in [0.29, 0.717) is 37.6 Å². The van der Waals surface area contributed by atoms with Crippen molar-refractivity contribution < 1.29 is 28.9 Å². The van der Waals surface area contributed by atoms with Crippen molar-refractivity contribution in [1.29, 1.82) is 0 Å². The van der Waals surface area contributed by atoms with Gasteiger partial charge in [0, 0.05) is 20.2 Å². The number of carbonyl (C=O) groups is 2. The van der Waals surface area contributed by atoms with Gasteiger partial charge in [-0.25, -0.2) is 0 Å². The Hall–Kier alpha value is -2.28. The Morgan fingerprint density at radius 2 is 2.09 bits per heavy atom. The van der Waals surface area contributed by atoms with Crippen LogP contribution in [0.4, 0.5) is 0 Å². The topological polar surface area (TPSA) is 85.3 Å². The number of ether oxygens (including phenoxy) is 3. The fraction of sp³-hybridized carbons (Fsp3) is 0.500. The van der Waals surface area contributed by atoms with E-state index in [4.69, 9.17) is 19.3 Å². The molecule has 0 unspecified atom stereocenters. The van der Waals surface area contributed by atoms with Gasteiger partial charge in [0.25, 0.3) is 0 Å². The van der Waals surface area contributed by atoms with Gasteiger partial charge in [-0.1, -0.05) is 6.07 Å². The molecule has 1 aromatic carbocycles. The lowest BCUT2D eigenvalue weighted by atomic mass is 10.1. The minimum atomic E-state index is -0.905. The SMILES string of the molecule is COCCN(Cc1ccc2c(c1)OCO2)C(=O)[C@H]1C[C@H]1C(=O)O. The molecule has 1 aromatic rings. The zero-order valence-corrected chi connectivity index (χ0v) is 12.9. The van der Waals surface area contributed by atoms with Gasteiger partial charge in [0.1, 0.15) is 0 Å². The van der Waals surface area contributed by atoms with Gasteiger partial charge in [0.2, 0.25) is 12.7 Å². The molecule has 0 aromatic heterocycles. The molecule has 1 saturated carbocycles. The van der Waals surface area contributed by atoms with E-state index in [-0.39, 0.29) is 12.7 Å². The number of carboxylic acids is 1. The summed E-state index contributed by atoms with van der Waals surface area (Å²) in [4.78, 5) is 25.1. The average molecular weight is 321 g/mol. The molecule has 1 aliphatic carbocycles. The molecular formula is C16H19NO6. The quantitative estimate of drug-likeness (QED) is 0.810. The molecule has 0 bridgehead atoms. The van der Waals surface area contributed by atoms with E-state index >= 15 is 0 Å². The summed E-state index contributed by atoms with van der Waals surface area (Å²) < 4.78 is 15.7. The summed E-state index contributed by atoms with van der Waals surface area (Å²) in [5.74, 6) is -0.652. The third-order valence-electron chi connectivity index (χ3n) is 4.11. The van der Waals surface area contributed by atoms with Crippen molar-refractivity contribution >= 4 is 11.9 Å². The first kappa shape index (κ1) is 15.6. The maximum Gasteiger partial charge on any atom is 0.307 e. The molecule has 124 valence electrons. The van der Waals surface area contributed by atoms with E-state index in [1.54, 1.807) is 12.0 Å². The highest BCUT2D eigenvalue weighted by Crippen LogP contribution is 2.40. The number of nitrogens with zero attached hydrogens (tertiary/aromatic N) is 1. The first-order valence-electron chi connectivity index (χ1n) is 7.49. The second kappa shape index (κ2) is 6.45. The number of hydrogen-bond donors (Lipinski definition) is 1. The van der Waals surface area contributed by atoms with Crippen molar-refractivity contribution in [3.8, 4) is 11.5 Å². The fourth-order valence-electron chi connectivity index (χ4n) is 2.70. The van der Waals surface area contributed by atoms with Gasteiger partial charge in [-0.15, -0.1) is 0 Å². The van der Waals surface area contributed by atoms with Crippen LogP contribution in [-0.2, 0) is 20.9 Å². The zero-order valence-electron chi connectivity index (χ0n) is 12.9. The van der Waals surface area contributed by atoms with Crippen molar-refractivity contribution in [3.63, 3.8) is 0 Å². The third kappa shape index (κ3) is 3.39. The van der Waals surface area contributed by atoms with E-state index in [0.717, 1.165) is 5.56 Å². The van der Waals surface area contributed by atoms with Gasteiger partial charge in [0.15, 0.2) is 11.5 Å². The molecule has 23 heavy (non-hydrogen) atoms. The highest BCUT2D eigenvalue weighted by Gasteiger charge is 2.49. The molecule has 1 heterocycles. The second-order valence-corrected chi connectivity index (χ2v) is 5.73. The Bertz CT molecular complexity index is 617. The Balaban J connectivity index is 1.69. The standard InChI is InChI=1S/C16H19NO6/c1-21-5-4-17(15(18)11-7-12(11)16(19)20)8-10-2-3-13-14(6-10)23-9-22-13/h2-3,6,11-12H,4-5,7-9H2,1H3,(H,19,20)/t11-,12+/m0/s1. The van der Waals surface area contributed by atoms with Crippen molar-refractivity contribution in [1.82, 2.24) is 4.90 Å². The van der Waals surface area contributed by atoms with E-state index in [1.165, 1.54) is 0 Å². The van der Waals surface area contributed by atoms with E-state index in [1.807, 2.05) is 18.2 Å². The number of benzene rings is 1. The van der Waals surface area contributed by atoms with Crippen LogP contribution >= 0.6 is 0 Å². The molecule has 7 heteroatoms. The summed E-state index contributed by atoms with van der Waals surface area (Å²) in [6.07, 6.45) is 0.415. The van der Waals surface area contributed by atoms with E-state index < -0.39 is 17.8 Å². The van der Waals surface area contributed by atoms with Gasteiger partial charge >= 0.3 is 5.97 Å². The van der Waals surface area contributed by atoms with Crippen LogP contribution in [-0.4, -0.2) is 48.9 Å². The van der Waals surface area contributed by atoms with Gasteiger partial charge in [0.05, 0.1) is 18.4 Å². The number of carbonyl (C=O) groups excluding carboxylic acids is 1. The Morgan fingerprint density at radius 3 is 2.78 bits per heavy atom. The maximum atomic E-state index is 12.5. The number of amides is 1. The molecule has 1 amide bonds. The molecule has 1 fully saturated rings. The smallest absolute Gasteiger partial charge is 0.307 e. The molecule has 7 nitrogen and oxygen atoms in total. The average Bonchev–Trinajstić information content (AvgIpc) is 3.22. The van der Waals surface area contributed by atoms with Crippen LogP contribution in [0.1, 0.15) is 12.0 Å². The summed E-state index contributed by atoms with van der Waals surface area (Å²) in [5, 5.41) is 9.00. The first-order chi connectivity index (χ1) is 11.1. The predicted octanol–water partition coefficient (Wildman–Crippen LogP) is 1.11. The summed E-state index contributed by atoms with van der Waals surface area (Å²) in [6.45, 7) is 1.42. The van der Waals surface area contributed by atoms with Crippen LogP contribution in [0.15, 0.2) is 18.2 Å². The minimum absolute atomic E-state index is 0.132. The molecule has 1 N–H and O–H groups in total. The predicted molar refractivity (Wildman–Crippen MR) is 79.1 cm³/mol. The van der Waals surface area contributed by atoms with Crippen molar-refractivity contribution in [2.24, 2.45) is 11.8 Å². The maximum absolute atomic E-state index is 12.5. The lowest BCUT2D eigenvalue weighted by Crippen LogP contribution is -2.35. The van der Waals surface area contributed by atoms with Crippen molar-refractivity contribution in [2.45, 2.75) is 13.0 Å². The van der Waals surface area contributed by atoms with Crippen molar-refractivity contribution in [2.75, 3.05) is 27.1 Å². The zero-order chi connectivity index (χ0) is 16.4. The lowest BCUT2D eigenvalue weighted by molar-refractivity contribution is -0.142. The van der Waals surface area contributed by atoms with Crippen LogP contribution in [0.25, 0.3) is 0 Å². The van der Waals surface area contributed by atoms with Crippen LogP contribution in [0.2, 0.25) is 0 Å². The number of aliphatic carboxylic acids is 1. The Labute approximate surface area is 133 Å². The Kier molecular flexibility index (Phi) is 4.38. The third-order valence-corrected chi connectivity index (χ3v) is 4.11. The van der Waals surface area contributed by atoms with Gasteiger partial charge < -0.3 is 24.2 Å². The van der Waals surface area contributed by atoms with Gasteiger partial charge in [-0.3, -0.25) is 9.59 Å². The molecule has 0 spiro atoms. The molecule has 1 aliphatic heterocycles. The minimum Gasteiger partial charge on any atom is -0.481 e. The summed E-state index contributed by atoms with van der Waals surface area (Å²) in [6, 6.07) is 5.53. The first-order valence-corrected chi connectivity index (χ1v) is 7.49. The van der Waals surface area contributed by atoms with E-state index in [2.05, 4.69) is 0 Å². The summed E-state index contributed by atoms with van der Waals surface area (Å²) >= 11 is 0. The number of hydrogen-bond acceptors (Lipinski definition) is 5. The molecular weight excluding hydrogens is 302 g/mol. The molecule has 0 radical (unpaired) electrons. The molecule has 3 rings (SSSR count). The number of methoxy groups -OCH3 is 1. The highest BCUT2D eigenvalue weighted by molar-refractivity contribution is 5.89. The lowest BCUT2D eigenvalue weighted by Gasteiger charge is -2.23. The fourth-order valence-corrected chi connectivity index (χ4v) is 2.70. The van der Waals surface area contributed by atoms with E-state index in [9.17, 15) is 9.59 Å². The normalized spacial score (nSPS) is 21.1. The highest BCUT2D eigenvalue weighted by atomic mass is 16.7. The monoisotopic (exact) mass is 321 g/mol. The summed E-state index contributed by atoms with van der Waals surface area (Å²) in [7, 11) is 1.57. The number of rotatable bonds is 7. The second-order valence-electron chi connectivity index (χ2n) is 5.73. The van der Waals surface area contributed by atoms with Gasteiger partial charge in [-0.2, -0.15) is 0 Å². The van der Waals surface area contributed by atoms with Gasteiger partial charge in [-0.05, 0) is 24.1 Å². The summed E-state index contributed by atoms with van der Waals surface area (Å²) in [5.41, 5.74) is 0.909. The number of fused-ring (bicyclic) bond motifs is 1. The molecule has 2 atom stereocenters. The van der Waals surface area contributed by atoms with Crippen LogP contribution in [0.3, 0.4) is 0 Å². The van der Waals surface area contributed by atoms with Crippen LogP contribution in [0, 0.1) is 11.8 Å². The van der Waals surface area contributed by atoms with Crippen LogP contribution < -0.4 is 9.47 Å². The largest absolute Gasteiger partial charge is 0.481 e. The Morgan fingerprint density at radius 1 is 1.30 bits per heavy atom. The molecule has 0 saturated heterocycles.